The van der Waals surface area contributed by atoms with Gasteiger partial charge in [0.2, 0.25) is 5.91 Å². The fourth-order valence-corrected chi connectivity index (χ4v) is 3.83. The van der Waals surface area contributed by atoms with E-state index in [1.165, 1.54) is 0 Å². The number of hydrogen-bond acceptors (Lipinski definition) is 18. The van der Waals surface area contributed by atoms with Crippen LogP contribution in [0, 0.1) is 0 Å². The predicted molar refractivity (Wildman–Crippen MR) is 203 cm³/mol. The van der Waals surface area contributed by atoms with Crippen LogP contribution in [0.1, 0.15) is 27.2 Å². The number of ether oxygens (including phenoxy) is 15. The normalized spacial score (nSPS) is 11.6. The summed E-state index contributed by atoms with van der Waals surface area (Å²) in [5.41, 5.74) is -0.483. The average Bonchev–Trinajstić information content (AvgIpc) is 3.16. The zero-order valence-electron chi connectivity index (χ0n) is 34.5. The summed E-state index contributed by atoms with van der Waals surface area (Å²) in [4.78, 5) is 33.3. The van der Waals surface area contributed by atoms with Crippen molar-refractivity contribution in [1.29, 1.82) is 0 Å². The molecule has 57 heavy (non-hydrogen) atoms. The molecule has 0 atom stereocenters. The van der Waals surface area contributed by atoms with Crippen LogP contribution in [-0.4, -0.2) is 220 Å². The topological polar surface area (TPSA) is 222 Å². The fraction of sp³-hybridized carbons (Fsp3) is 0.919. The first-order valence-electron chi connectivity index (χ1n) is 19.5. The highest BCUT2D eigenvalue weighted by molar-refractivity contribution is 5.77. The van der Waals surface area contributed by atoms with Crippen molar-refractivity contribution in [3.05, 3.63) is 0 Å². The zero-order chi connectivity index (χ0) is 41.8. The number of nitrogens with one attached hydrogen (secondary N) is 1. The van der Waals surface area contributed by atoms with E-state index in [0.717, 1.165) is 0 Å². The smallest absolute Gasteiger partial charge is 0.329 e. The van der Waals surface area contributed by atoms with Crippen molar-refractivity contribution in [1.82, 2.24) is 5.32 Å². The summed E-state index contributed by atoms with van der Waals surface area (Å²) < 4.78 is 80.6. The summed E-state index contributed by atoms with van der Waals surface area (Å²) in [7, 11) is 0. The summed E-state index contributed by atoms with van der Waals surface area (Å²) in [5, 5.41) is 11.0. The number of carboxylic acids is 1. The highest BCUT2D eigenvalue weighted by Gasteiger charge is 2.15. The first-order chi connectivity index (χ1) is 27.7. The molecule has 0 aromatic heterocycles. The second kappa shape index (κ2) is 43.4. The van der Waals surface area contributed by atoms with E-state index in [9.17, 15) is 14.4 Å². The van der Waals surface area contributed by atoms with E-state index >= 15 is 0 Å². The Bertz CT molecular complexity index is 896. The molecule has 0 unspecified atom stereocenters. The number of carbonyl (C=O) groups is 3. The van der Waals surface area contributed by atoms with Gasteiger partial charge in [-0.25, -0.2) is 4.79 Å². The first-order valence-corrected chi connectivity index (χ1v) is 19.5. The van der Waals surface area contributed by atoms with Crippen molar-refractivity contribution >= 4 is 17.8 Å². The van der Waals surface area contributed by atoms with Crippen molar-refractivity contribution in [2.75, 3.05) is 192 Å². The molecule has 0 aliphatic rings. The van der Waals surface area contributed by atoms with Gasteiger partial charge in [0.15, 0.2) is 0 Å². The van der Waals surface area contributed by atoms with Crippen LogP contribution in [-0.2, 0) is 85.4 Å². The Morgan fingerprint density at radius 1 is 0.386 bits per heavy atom. The Balaban J connectivity index is 3.12. The molecule has 0 radical (unpaired) electrons. The Hall–Kier alpha value is -2.15. The highest BCUT2D eigenvalue weighted by Crippen LogP contribution is 2.08. The minimum absolute atomic E-state index is 0.223. The maximum absolute atomic E-state index is 11.6. The van der Waals surface area contributed by atoms with E-state index < -0.39 is 24.1 Å². The van der Waals surface area contributed by atoms with E-state index in [1.54, 1.807) is 0 Å². The van der Waals surface area contributed by atoms with Gasteiger partial charge in [0.25, 0.3) is 0 Å². The van der Waals surface area contributed by atoms with Gasteiger partial charge in [0.1, 0.15) is 18.8 Å². The second-order valence-corrected chi connectivity index (χ2v) is 12.5. The molecule has 0 saturated heterocycles. The van der Waals surface area contributed by atoms with Crippen molar-refractivity contribution in [3.8, 4) is 0 Å². The van der Waals surface area contributed by atoms with E-state index in [2.05, 4.69) is 10.1 Å². The van der Waals surface area contributed by atoms with Crippen molar-refractivity contribution in [2.24, 2.45) is 0 Å². The van der Waals surface area contributed by atoms with Crippen LogP contribution < -0.4 is 5.32 Å². The molecule has 0 aliphatic carbocycles. The van der Waals surface area contributed by atoms with Gasteiger partial charge in [-0.05, 0) is 20.8 Å². The molecule has 0 aromatic rings. The molecule has 2 N–H and O–H groups in total. The van der Waals surface area contributed by atoms with Gasteiger partial charge in [0.05, 0.1) is 178 Å². The van der Waals surface area contributed by atoms with Crippen LogP contribution in [0.15, 0.2) is 0 Å². The van der Waals surface area contributed by atoms with Gasteiger partial charge >= 0.3 is 11.9 Å². The molecule has 0 heterocycles. The SMILES string of the molecule is CC(C)(C)OC(=O)CCOCCOCCOCCOCCOCCOCCOCCOCCOCCOCCOCCOCCOCCNC(=O)COCC(=O)O. The molecule has 20 heteroatoms. The quantitative estimate of drug-likeness (QED) is 0.0616. The standard InChI is InChI=1S/C37H71NO19/c1-37(2,3)57-36(42)4-6-43-8-10-45-12-14-47-16-18-49-20-22-51-24-26-53-28-30-55-31-29-54-27-25-52-23-21-50-19-17-48-15-13-46-11-9-44-7-5-38-34(39)32-56-33-35(40)41/h4-33H2,1-3H3,(H,38,39)(H,40,41). The van der Waals surface area contributed by atoms with Gasteiger partial charge in [-0.1, -0.05) is 0 Å². The molecule has 338 valence electrons. The molecule has 0 bridgehead atoms. The van der Waals surface area contributed by atoms with Gasteiger partial charge in [-0.15, -0.1) is 0 Å². The third-order valence-electron chi connectivity index (χ3n) is 6.36. The Morgan fingerprint density at radius 2 is 0.649 bits per heavy atom. The van der Waals surface area contributed by atoms with Gasteiger partial charge in [-0.2, -0.15) is 0 Å². The Morgan fingerprint density at radius 3 is 0.912 bits per heavy atom. The maximum Gasteiger partial charge on any atom is 0.329 e. The van der Waals surface area contributed by atoms with Crippen molar-refractivity contribution in [2.45, 2.75) is 32.8 Å². The molecule has 1 amide bonds. The number of carbonyl (C=O) groups excluding carboxylic acids is 2. The van der Waals surface area contributed by atoms with Gasteiger partial charge in [-0.3, -0.25) is 9.59 Å². The van der Waals surface area contributed by atoms with E-state index in [4.69, 9.17) is 71.4 Å². The number of amides is 1. The summed E-state index contributed by atoms with van der Waals surface area (Å²) in [6.07, 6.45) is 0.223. The van der Waals surface area contributed by atoms with Gasteiger partial charge < -0.3 is 81.5 Å². The molecule has 0 saturated carbocycles. The third kappa shape index (κ3) is 49.9. The lowest BCUT2D eigenvalue weighted by Gasteiger charge is -2.19. The minimum Gasteiger partial charge on any atom is -0.480 e. The molecular formula is C37H71NO19. The zero-order valence-corrected chi connectivity index (χ0v) is 34.5. The number of hydrogen-bond donors (Lipinski definition) is 2. The summed E-state index contributed by atoms with van der Waals surface area (Å²) in [6.45, 7) is 16.5. The third-order valence-corrected chi connectivity index (χ3v) is 6.36. The van der Waals surface area contributed by atoms with Crippen LogP contribution in [0.3, 0.4) is 0 Å². The second-order valence-electron chi connectivity index (χ2n) is 12.5. The highest BCUT2D eigenvalue weighted by atomic mass is 16.6. The Kier molecular flexibility index (Phi) is 41.8. The predicted octanol–water partition coefficient (Wildman–Crippen LogP) is 0.151. The molecule has 0 fully saturated rings. The summed E-state index contributed by atoms with van der Waals surface area (Å²) in [5.74, 6) is -1.80. The summed E-state index contributed by atoms with van der Waals surface area (Å²) in [6, 6.07) is 0. The first kappa shape index (κ1) is 54.9. The number of esters is 1. The van der Waals surface area contributed by atoms with E-state index in [-0.39, 0.29) is 19.0 Å². The lowest BCUT2D eigenvalue weighted by molar-refractivity contribution is -0.156. The van der Waals surface area contributed by atoms with Crippen molar-refractivity contribution < 1.29 is 90.5 Å². The number of aliphatic carboxylic acids is 1. The van der Waals surface area contributed by atoms with Gasteiger partial charge in [0, 0.05) is 6.54 Å². The lowest BCUT2D eigenvalue weighted by Crippen LogP contribution is -2.31. The maximum atomic E-state index is 11.6. The monoisotopic (exact) mass is 833 g/mol. The van der Waals surface area contributed by atoms with E-state index in [1.807, 2.05) is 20.8 Å². The number of carboxylic acid groups (broad SMARTS) is 1. The molecule has 0 spiro atoms. The van der Waals surface area contributed by atoms with Crippen LogP contribution in [0.4, 0.5) is 0 Å². The largest absolute Gasteiger partial charge is 0.480 e. The molecule has 0 aromatic carbocycles. The molecular weight excluding hydrogens is 762 g/mol. The minimum atomic E-state index is -1.13. The van der Waals surface area contributed by atoms with E-state index in [0.29, 0.717) is 178 Å². The molecule has 0 rings (SSSR count). The lowest BCUT2D eigenvalue weighted by atomic mass is 10.2. The van der Waals surface area contributed by atoms with Crippen LogP contribution in [0.2, 0.25) is 0 Å². The number of rotatable bonds is 46. The van der Waals surface area contributed by atoms with Crippen LogP contribution >= 0.6 is 0 Å². The van der Waals surface area contributed by atoms with Crippen LogP contribution in [0.25, 0.3) is 0 Å². The van der Waals surface area contributed by atoms with Crippen LogP contribution in [0.5, 0.6) is 0 Å². The molecule has 0 aliphatic heterocycles. The summed E-state index contributed by atoms with van der Waals surface area (Å²) >= 11 is 0. The average molecular weight is 834 g/mol. The van der Waals surface area contributed by atoms with Crippen molar-refractivity contribution in [3.63, 3.8) is 0 Å². The molecule has 20 nitrogen and oxygen atoms in total. The fourth-order valence-electron chi connectivity index (χ4n) is 3.83. The Labute approximate surface area is 337 Å².